The summed E-state index contributed by atoms with van der Waals surface area (Å²) < 4.78 is 16.9. The van der Waals surface area contributed by atoms with E-state index in [0.29, 0.717) is 39.5 Å². The zero-order valence-electron chi connectivity index (χ0n) is 12.0. The van der Waals surface area contributed by atoms with Crippen molar-refractivity contribution in [2.45, 2.75) is 32.0 Å². The molecule has 2 aliphatic heterocycles. The summed E-state index contributed by atoms with van der Waals surface area (Å²) in [4.78, 5) is 13.9. The highest BCUT2D eigenvalue weighted by Crippen LogP contribution is 2.20. The molecule has 0 aromatic carbocycles. The third kappa shape index (κ3) is 4.06. The van der Waals surface area contributed by atoms with Crippen molar-refractivity contribution < 1.29 is 19.0 Å². The molecule has 19 heavy (non-hydrogen) atoms. The molecule has 1 N–H and O–H groups in total. The summed E-state index contributed by atoms with van der Waals surface area (Å²) in [6.07, 6.45) is -0.299. The fraction of sp³-hybridized carbons (Fsp3) is 0.923. The molecular formula is C13H24N2O4. The van der Waals surface area contributed by atoms with Gasteiger partial charge in [-0.05, 0) is 20.8 Å². The Kier molecular flexibility index (Phi) is 4.32. The van der Waals surface area contributed by atoms with Crippen LogP contribution in [-0.4, -0.2) is 68.2 Å². The molecule has 0 radical (unpaired) electrons. The van der Waals surface area contributed by atoms with E-state index in [2.05, 4.69) is 5.32 Å². The number of nitrogens with one attached hydrogen (secondary N) is 1. The normalized spacial score (nSPS) is 29.1. The van der Waals surface area contributed by atoms with Gasteiger partial charge in [-0.1, -0.05) is 0 Å². The number of ether oxygens (including phenoxy) is 3. The Morgan fingerprint density at radius 3 is 2.79 bits per heavy atom. The second-order valence-corrected chi connectivity index (χ2v) is 6.16. The van der Waals surface area contributed by atoms with Gasteiger partial charge in [-0.25, -0.2) is 4.79 Å². The van der Waals surface area contributed by atoms with Crippen LogP contribution in [0, 0.1) is 0 Å². The van der Waals surface area contributed by atoms with Crippen molar-refractivity contribution in [3.63, 3.8) is 0 Å². The number of hydrogen-bond acceptors (Lipinski definition) is 5. The van der Waals surface area contributed by atoms with E-state index in [1.807, 2.05) is 20.8 Å². The Morgan fingerprint density at radius 2 is 2.16 bits per heavy atom. The number of morpholine rings is 1. The molecule has 2 fully saturated rings. The minimum Gasteiger partial charge on any atom is -0.444 e. The molecule has 1 unspecified atom stereocenters. The first-order valence-corrected chi connectivity index (χ1v) is 6.81. The number of rotatable bonds is 0. The Labute approximate surface area is 114 Å². The van der Waals surface area contributed by atoms with Gasteiger partial charge in [-0.2, -0.15) is 0 Å². The van der Waals surface area contributed by atoms with Gasteiger partial charge in [0.1, 0.15) is 11.2 Å². The van der Waals surface area contributed by atoms with Crippen LogP contribution in [0.1, 0.15) is 20.8 Å². The van der Waals surface area contributed by atoms with Crippen LogP contribution in [0.25, 0.3) is 0 Å². The third-order valence-corrected chi connectivity index (χ3v) is 3.14. The smallest absolute Gasteiger partial charge is 0.410 e. The van der Waals surface area contributed by atoms with Crippen LogP contribution in [0.15, 0.2) is 0 Å². The Morgan fingerprint density at radius 1 is 1.37 bits per heavy atom. The molecule has 110 valence electrons. The van der Waals surface area contributed by atoms with Gasteiger partial charge in [-0.3, -0.25) is 0 Å². The highest BCUT2D eigenvalue weighted by molar-refractivity contribution is 5.68. The van der Waals surface area contributed by atoms with Crippen LogP contribution in [0.3, 0.4) is 0 Å². The number of hydrogen-bond donors (Lipinski definition) is 1. The summed E-state index contributed by atoms with van der Waals surface area (Å²) in [5.74, 6) is 0. The second kappa shape index (κ2) is 5.64. The van der Waals surface area contributed by atoms with E-state index in [0.717, 1.165) is 6.54 Å². The van der Waals surface area contributed by atoms with Gasteiger partial charge in [0.05, 0.1) is 26.4 Å². The molecule has 1 amide bonds. The first-order chi connectivity index (χ1) is 8.90. The largest absolute Gasteiger partial charge is 0.444 e. The van der Waals surface area contributed by atoms with Crippen LogP contribution in [-0.2, 0) is 14.2 Å². The quantitative estimate of drug-likeness (QED) is 0.700. The van der Waals surface area contributed by atoms with E-state index in [1.54, 1.807) is 4.90 Å². The maximum atomic E-state index is 12.2. The van der Waals surface area contributed by atoms with Gasteiger partial charge >= 0.3 is 6.09 Å². The first-order valence-electron chi connectivity index (χ1n) is 6.81. The topological polar surface area (TPSA) is 60.0 Å². The Bertz CT molecular complexity index is 321. The fourth-order valence-electron chi connectivity index (χ4n) is 2.29. The van der Waals surface area contributed by atoms with Crippen LogP contribution in [0.2, 0.25) is 0 Å². The van der Waals surface area contributed by atoms with Crippen molar-refractivity contribution in [1.82, 2.24) is 10.2 Å². The van der Waals surface area contributed by atoms with Crippen LogP contribution >= 0.6 is 0 Å². The van der Waals surface area contributed by atoms with Crippen molar-refractivity contribution >= 4 is 6.09 Å². The van der Waals surface area contributed by atoms with E-state index < -0.39 is 11.2 Å². The van der Waals surface area contributed by atoms with Gasteiger partial charge in [0, 0.05) is 19.6 Å². The molecule has 6 nitrogen and oxygen atoms in total. The second-order valence-electron chi connectivity index (χ2n) is 6.16. The Balaban J connectivity index is 2.01. The van der Waals surface area contributed by atoms with Crippen LogP contribution in [0.4, 0.5) is 4.79 Å². The molecule has 2 rings (SSSR count). The zero-order valence-corrected chi connectivity index (χ0v) is 12.0. The molecule has 6 heteroatoms. The van der Waals surface area contributed by atoms with Gasteiger partial charge in [0.2, 0.25) is 0 Å². The van der Waals surface area contributed by atoms with Crippen LogP contribution in [0.5, 0.6) is 0 Å². The van der Waals surface area contributed by atoms with E-state index in [9.17, 15) is 4.79 Å². The van der Waals surface area contributed by atoms with Crippen molar-refractivity contribution in [2.24, 2.45) is 0 Å². The van der Waals surface area contributed by atoms with E-state index in [1.165, 1.54) is 0 Å². The fourth-order valence-corrected chi connectivity index (χ4v) is 2.29. The van der Waals surface area contributed by atoms with E-state index in [-0.39, 0.29) is 6.09 Å². The molecule has 1 spiro atoms. The molecule has 0 aromatic rings. The summed E-state index contributed by atoms with van der Waals surface area (Å²) in [5, 5.41) is 3.30. The monoisotopic (exact) mass is 272 g/mol. The molecule has 2 saturated heterocycles. The predicted octanol–water partition coefficient (Wildman–Crippen LogP) is 0.612. The third-order valence-electron chi connectivity index (χ3n) is 3.14. The standard InChI is InChI=1S/C13H24N2O4/c1-12(2,3)19-11(16)15-5-7-17-10-13(9-15)8-14-4-6-18-13/h14H,4-10H2,1-3H3. The summed E-state index contributed by atoms with van der Waals surface area (Å²) in [6, 6.07) is 0. The molecule has 0 aromatic heterocycles. The summed E-state index contributed by atoms with van der Waals surface area (Å²) in [6.45, 7) is 9.87. The summed E-state index contributed by atoms with van der Waals surface area (Å²) in [5.41, 5.74) is -0.922. The molecule has 1 atom stereocenters. The highest BCUT2D eigenvalue weighted by atomic mass is 16.6. The lowest BCUT2D eigenvalue weighted by molar-refractivity contribution is -0.107. The minimum atomic E-state index is -0.483. The number of carbonyl (C=O) groups excluding carboxylic acids is 1. The lowest BCUT2D eigenvalue weighted by Gasteiger charge is -2.38. The van der Waals surface area contributed by atoms with Crippen LogP contribution < -0.4 is 5.32 Å². The SMILES string of the molecule is CC(C)(C)OC(=O)N1CCOCC2(CNCCO2)C1. The average Bonchev–Trinajstić information content (AvgIpc) is 2.51. The lowest BCUT2D eigenvalue weighted by atomic mass is 10.0. The number of amides is 1. The number of nitrogens with zero attached hydrogens (tertiary/aromatic N) is 1. The average molecular weight is 272 g/mol. The minimum absolute atomic E-state index is 0.299. The molecule has 0 saturated carbocycles. The van der Waals surface area contributed by atoms with Crippen molar-refractivity contribution in [1.29, 1.82) is 0 Å². The molecule has 2 aliphatic rings. The zero-order chi connectivity index (χ0) is 13.9. The van der Waals surface area contributed by atoms with E-state index >= 15 is 0 Å². The molecular weight excluding hydrogens is 248 g/mol. The summed E-state index contributed by atoms with van der Waals surface area (Å²) >= 11 is 0. The van der Waals surface area contributed by atoms with Crippen molar-refractivity contribution in [3.05, 3.63) is 0 Å². The van der Waals surface area contributed by atoms with Crippen molar-refractivity contribution in [2.75, 3.05) is 46.0 Å². The highest BCUT2D eigenvalue weighted by Gasteiger charge is 2.39. The Hall–Kier alpha value is -0.850. The molecule has 0 aliphatic carbocycles. The molecule has 2 heterocycles. The van der Waals surface area contributed by atoms with E-state index in [4.69, 9.17) is 14.2 Å². The van der Waals surface area contributed by atoms with Crippen molar-refractivity contribution in [3.8, 4) is 0 Å². The maximum absolute atomic E-state index is 12.2. The summed E-state index contributed by atoms with van der Waals surface area (Å²) in [7, 11) is 0. The number of carbonyl (C=O) groups is 1. The van der Waals surface area contributed by atoms with Gasteiger partial charge in [0.25, 0.3) is 0 Å². The van der Waals surface area contributed by atoms with Gasteiger partial charge in [-0.15, -0.1) is 0 Å². The van der Waals surface area contributed by atoms with Gasteiger partial charge < -0.3 is 24.4 Å². The predicted molar refractivity (Wildman–Crippen MR) is 70.2 cm³/mol. The van der Waals surface area contributed by atoms with Gasteiger partial charge in [0.15, 0.2) is 0 Å². The molecule has 0 bridgehead atoms. The lowest BCUT2D eigenvalue weighted by Crippen LogP contribution is -2.58. The maximum Gasteiger partial charge on any atom is 0.410 e. The first kappa shape index (κ1) is 14.6.